The van der Waals surface area contributed by atoms with Gasteiger partial charge in [-0.3, -0.25) is 9.69 Å². The lowest BCUT2D eigenvalue weighted by molar-refractivity contribution is -0.120. The first kappa shape index (κ1) is 18.6. The molecule has 0 saturated heterocycles. The van der Waals surface area contributed by atoms with Crippen molar-refractivity contribution < 1.29 is 22.7 Å². The zero-order valence-electron chi connectivity index (χ0n) is 14.8. The Morgan fingerprint density at radius 1 is 1.11 bits per heavy atom. The van der Waals surface area contributed by atoms with Crippen LogP contribution >= 0.6 is 0 Å². The van der Waals surface area contributed by atoms with Gasteiger partial charge in [-0.1, -0.05) is 25.1 Å². The van der Waals surface area contributed by atoms with Crippen LogP contribution in [-0.2, 0) is 17.8 Å². The topological polar surface area (TPSA) is 42.7 Å². The third kappa shape index (κ3) is 4.53. The van der Waals surface area contributed by atoms with Crippen molar-refractivity contribution in [2.75, 3.05) is 11.5 Å². The summed E-state index contributed by atoms with van der Waals surface area (Å²) in [6.45, 7) is 1.71. The van der Waals surface area contributed by atoms with Crippen LogP contribution in [0.2, 0.25) is 0 Å². The predicted octanol–water partition coefficient (Wildman–Crippen LogP) is 4.73. The minimum absolute atomic E-state index is 0.00711. The lowest BCUT2D eigenvalue weighted by Crippen LogP contribution is -2.35. The van der Waals surface area contributed by atoms with Crippen LogP contribution in [0.3, 0.4) is 0 Å². The minimum atomic E-state index is -0.830. The SMILES string of the molecule is CCc1ccccc1OCC(=O)N(Cc1ccco1)c1ccc(F)cc1F. The van der Waals surface area contributed by atoms with Crippen LogP contribution in [0.1, 0.15) is 18.2 Å². The molecule has 0 aliphatic rings. The van der Waals surface area contributed by atoms with E-state index >= 15 is 0 Å². The number of para-hydroxylation sites is 1. The Morgan fingerprint density at radius 3 is 2.63 bits per heavy atom. The number of ether oxygens (including phenoxy) is 1. The van der Waals surface area contributed by atoms with E-state index in [-0.39, 0.29) is 18.8 Å². The van der Waals surface area contributed by atoms with Gasteiger partial charge >= 0.3 is 0 Å². The average Bonchev–Trinajstić information content (AvgIpc) is 3.18. The second-order valence-corrected chi connectivity index (χ2v) is 5.90. The lowest BCUT2D eigenvalue weighted by Gasteiger charge is -2.23. The van der Waals surface area contributed by atoms with Crippen LogP contribution < -0.4 is 9.64 Å². The lowest BCUT2D eigenvalue weighted by atomic mass is 10.1. The van der Waals surface area contributed by atoms with Crippen molar-refractivity contribution in [2.45, 2.75) is 19.9 Å². The van der Waals surface area contributed by atoms with Crippen molar-refractivity contribution in [1.82, 2.24) is 0 Å². The highest BCUT2D eigenvalue weighted by Crippen LogP contribution is 2.24. The molecule has 4 nitrogen and oxygen atoms in total. The minimum Gasteiger partial charge on any atom is -0.483 e. The third-order valence-electron chi connectivity index (χ3n) is 4.10. The molecule has 0 bridgehead atoms. The maximum atomic E-state index is 14.3. The number of hydrogen-bond acceptors (Lipinski definition) is 3. The summed E-state index contributed by atoms with van der Waals surface area (Å²) in [5, 5.41) is 0. The fourth-order valence-corrected chi connectivity index (χ4v) is 2.72. The molecule has 0 saturated carbocycles. The van der Waals surface area contributed by atoms with Gasteiger partial charge in [-0.05, 0) is 42.3 Å². The number of rotatable bonds is 7. The molecule has 0 aliphatic carbocycles. The molecule has 1 heterocycles. The summed E-state index contributed by atoms with van der Waals surface area (Å²) in [5.74, 6) is -0.937. The Balaban J connectivity index is 1.82. The summed E-state index contributed by atoms with van der Waals surface area (Å²) in [5.41, 5.74) is 0.932. The molecule has 3 aromatic rings. The average molecular weight is 371 g/mol. The van der Waals surface area contributed by atoms with Crippen LogP contribution in [0.5, 0.6) is 5.75 Å². The van der Waals surface area contributed by atoms with Gasteiger partial charge in [-0.25, -0.2) is 8.78 Å². The Kier molecular flexibility index (Phi) is 5.86. The van der Waals surface area contributed by atoms with Crippen LogP contribution in [-0.4, -0.2) is 12.5 Å². The Labute approximate surface area is 156 Å². The smallest absolute Gasteiger partial charge is 0.265 e. The van der Waals surface area contributed by atoms with Crippen LogP contribution in [0.25, 0.3) is 0 Å². The molecule has 1 aromatic heterocycles. The van der Waals surface area contributed by atoms with Gasteiger partial charge < -0.3 is 9.15 Å². The van der Waals surface area contributed by atoms with E-state index in [4.69, 9.17) is 9.15 Å². The Morgan fingerprint density at radius 2 is 1.93 bits per heavy atom. The van der Waals surface area contributed by atoms with Crippen molar-refractivity contribution in [3.63, 3.8) is 0 Å². The summed E-state index contributed by atoms with van der Waals surface area (Å²) >= 11 is 0. The van der Waals surface area contributed by atoms with Crippen molar-refractivity contribution in [3.05, 3.63) is 83.8 Å². The molecule has 0 atom stereocenters. The molecule has 6 heteroatoms. The molecule has 3 rings (SSSR count). The summed E-state index contributed by atoms with van der Waals surface area (Å²) in [6, 6.07) is 13.8. The van der Waals surface area contributed by atoms with Crippen LogP contribution in [0.15, 0.2) is 65.3 Å². The largest absolute Gasteiger partial charge is 0.483 e. The Hall–Kier alpha value is -3.15. The number of aryl methyl sites for hydroxylation is 1. The van der Waals surface area contributed by atoms with E-state index in [1.807, 2.05) is 25.1 Å². The zero-order chi connectivity index (χ0) is 19.2. The van der Waals surface area contributed by atoms with Crippen LogP contribution in [0.4, 0.5) is 14.5 Å². The maximum absolute atomic E-state index is 14.3. The van der Waals surface area contributed by atoms with E-state index in [0.717, 1.165) is 24.1 Å². The molecule has 0 radical (unpaired) electrons. The van der Waals surface area contributed by atoms with E-state index < -0.39 is 17.5 Å². The normalized spacial score (nSPS) is 10.6. The summed E-state index contributed by atoms with van der Waals surface area (Å²) in [7, 11) is 0. The molecule has 2 aromatic carbocycles. The summed E-state index contributed by atoms with van der Waals surface area (Å²) in [6.07, 6.45) is 2.22. The van der Waals surface area contributed by atoms with Gasteiger partial charge in [0.1, 0.15) is 23.1 Å². The molecule has 1 amide bonds. The molecule has 0 aliphatic heterocycles. The number of anilines is 1. The highest BCUT2D eigenvalue weighted by molar-refractivity contribution is 5.94. The van der Waals surface area contributed by atoms with E-state index in [9.17, 15) is 13.6 Å². The van der Waals surface area contributed by atoms with Gasteiger partial charge in [0.25, 0.3) is 5.91 Å². The zero-order valence-corrected chi connectivity index (χ0v) is 14.8. The Bertz CT molecular complexity index is 910. The fourth-order valence-electron chi connectivity index (χ4n) is 2.72. The van der Waals surface area contributed by atoms with E-state index in [1.165, 1.54) is 17.2 Å². The van der Waals surface area contributed by atoms with Crippen molar-refractivity contribution in [2.24, 2.45) is 0 Å². The van der Waals surface area contributed by atoms with Crippen molar-refractivity contribution in [1.29, 1.82) is 0 Å². The quantitative estimate of drug-likeness (QED) is 0.603. The fraction of sp³-hybridized carbons (Fsp3) is 0.190. The van der Waals surface area contributed by atoms with Gasteiger partial charge in [0.15, 0.2) is 6.61 Å². The third-order valence-corrected chi connectivity index (χ3v) is 4.10. The van der Waals surface area contributed by atoms with E-state index in [0.29, 0.717) is 11.5 Å². The van der Waals surface area contributed by atoms with Gasteiger partial charge in [0.2, 0.25) is 0 Å². The molecular weight excluding hydrogens is 352 g/mol. The molecule has 27 heavy (non-hydrogen) atoms. The molecule has 140 valence electrons. The van der Waals surface area contributed by atoms with Crippen LogP contribution in [0, 0.1) is 11.6 Å². The first-order valence-corrected chi connectivity index (χ1v) is 8.57. The molecule has 0 spiro atoms. The highest BCUT2D eigenvalue weighted by Gasteiger charge is 2.22. The van der Waals surface area contributed by atoms with Crippen molar-refractivity contribution in [3.8, 4) is 5.75 Å². The first-order chi connectivity index (χ1) is 13.1. The molecule has 0 fully saturated rings. The number of nitrogens with zero attached hydrogens (tertiary/aromatic N) is 1. The number of hydrogen-bond donors (Lipinski definition) is 0. The molecule has 0 unspecified atom stereocenters. The summed E-state index contributed by atoms with van der Waals surface area (Å²) in [4.78, 5) is 14.0. The van der Waals surface area contributed by atoms with E-state index in [1.54, 1.807) is 18.2 Å². The molecule has 0 N–H and O–H groups in total. The summed E-state index contributed by atoms with van der Waals surface area (Å²) < 4.78 is 38.4. The number of amides is 1. The maximum Gasteiger partial charge on any atom is 0.265 e. The second kappa shape index (κ2) is 8.49. The van der Waals surface area contributed by atoms with Gasteiger partial charge in [-0.15, -0.1) is 0 Å². The number of carbonyl (C=O) groups excluding carboxylic acids is 1. The predicted molar refractivity (Wildman–Crippen MR) is 97.6 cm³/mol. The highest BCUT2D eigenvalue weighted by atomic mass is 19.1. The molecular formula is C21H19F2NO3. The van der Waals surface area contributed by atoms with Gasteiger partial charge in [0.05, 0.1) is 18.5 Å². The standard InChI is InChI=1S/C21H19F2NO3/c1-2-15-6-3-4-8-20(15)27-14-21(25)24(13-17-7-5-11-26-17)19-10-9-16(22)12-18(19)23/h3-12H,2,13-14H2,1H3. The number of benzene rings is 2. The second-order valence-electron chi connectivity index (χ2n) is 5.90. The number of halogens is 2. The van der Waals surface area contributed by atoms with Gasteiger partial charge in [-0.2, -0.15) is 0 Å². The van der Waals surface area contributed by atoms with Gasteiger partial charge in [0, 0.05) is 6.07 Å². The van der Waals surface area contributed by atoms with Crippen molar-refractivity contribution >= 4 is 11.6 Å². The number of carbonyl (C=O) groups is 1. The first-order valence-electron chi connectivity index (χ1n) is 8.57. The number of furan rings is 1. The van der Waals surface area contributed by atoms with E-state index in [2.05, 4.69) is 0 Å². The monoisotopic (exact) mass is 371 g/mol.